The Morgan fingerprint density at radius 2 is 1.70 bits per heavy atom. The molecule has 2 aromatic rings. The summed E-state index contributed by atoms with van der Waals surface area (Å²) in [6.45, 7) is 4.13. The number of para-hydroxylation sites is 1. The molecule has 0 atom stereocenters. The van der Waals surface area contributed by atoms with Crippen LogP contribution in [0.15, 0.2) is 42.7 Å². The maximum Gasteiger partial charge on any atom is 0.417 e. The molecule has 1 N–H and O–H groups in total. The Morgan fingerprint density at radius 1 is 1.10 bits per heavy atom. The Morgan fingerprint density at radius 3 is 2.25 bits per heavy atom. The van der Waals surface area contributed by atoms with Crippen LogP contribution in [0.4, 0.5) is 10.5 Å². The standard InChI is InChI=1S/C16H18N2O2/c1-3-12-6-5-7-13(4-2)15(12)18-16(19)20-14-8-10-17-11-9-14/h5-11H,3-4H2,1-2H3,(H,18,19). The van der Waals surface area contributed by atoms with E-state index in [4.69, 9.17) is 4.74 Å². The van der Waals surface area contributed by atoms with Crippen molar-refractivity contribution in [1.82, 2.24) is 4.98 Å². The Bertz CT molecular complexity index is 560. The molecule has 104 valence electrons. The molecule has 0 unspecified atom stereocenters. The topological polar surface area (TPSA) is 51.2 Å². The van der Waals surface area contributed by atoms with Gasteiger partial charge in [-0.25, -0.2) is 4.79 Å². The highest BCUT2D eigenvalue weighted by Crippen LogP contribution is 2.23. The number of carbonyl (C=O) groups is 1. The van der Waals surface area contributed by atoms with Crippen LogP contribution in [-0.4, -0.2) is 11.1 Å². The zero-order valence-corrected chi connectivity index (χ0v) is 11.7. The summed E-state index contributed by atoms with van der Waals surface area (Å²) in [5.74, 6) is 0.476. The zero-order valence-electron chi connectivity index (χ0n) is 11.7. The van der Waals surface area contributed by atoms with Gasteiger partial charge in [0.1, 0.15) is 5.75 Å². The number of pyridine rings is 1. The molecule has 0 aliphatic heterocycles. The number of nitrogens with zero attached hydrogens (tertiary/aromatic N) is 1. The van der Waals surface area contributed by atoms with Crippen molar-refractivity contribution in [2.24, 2.45) is 0 Å². The molecule has 0 saturated carbocycles. The minimum absolute atomic E-state index is 0.476. The fourth-order valence-corrected chi connectivity index (χ4v) is 2.04. The first-order chi connectivity index (χ1) is 9.74. The fourth-order valence-electron chi connectivity index (χ4n) is 2.04. The molecule has 4 heteroatoms. The van der Waals surface area contributed by atoms with E-state index in [9.17, 15) is 4.79 Å². The van der Waals surface area contributed by atoms with Gasteiger partial charge in [0.05, 0.1) is 5.69 Å². The van der Waals surface area contributed by atoms with E-state index >= 15 is 0 Å². The number of hydrogen-bond donors (Lipinski definition) is 1. The van der Waals surface area contributed by atoms with Gasteiger partial charge in [0.15, 0.2) is 0 Å². The molecule has 0 aliphatic rings. The van der Waals surface area contributed by atoms with Crippen molar-refractivity contribution in [2.75, 3.05) is 5.32 Å². The highest BCUT2D eigenvalue weighted by atomic mass is 16.6. The van der Waals surface area contributed by atoms with Gasteiger partial charge in [-0.1, -0.05) is 32.0 Å². The van der Waals surface area contributed by atoms with Gasteiger partial charge < -0.3 is 4.74 Å². The normalized spacial score (nSPS) is 10.1. The third-order valence-corrected chi connectivity index (χ3v) is 3.09. The molecule has 20 heavy (non-hydrogen) atoms. The molecule has 0 bridgehead atoms. The molecule has 1 heterocycles. The van der Waals surface area contributed by atoms with Crippen molar-refractivity contribution in [3.05, 3.63) is 53.9 Å². The fraction of sp³-hybridized carbons (Fsp3) is 0.250. The number of rotatable bonds is 4. The summed E-state index contributed by atoms with van der Waals surface area (Å²) in [6, 6.07) is 9.33. The Hall–Kier alpha value is -2.36. The quantitative estimate of drug-likeness (QED) is 0.918. The number of aromatic nitrogens is 1. The van der Waals surface area contributed by atoms with E-state index in [0.29, 0.717) is 5.75 Å². The maximum atomic E-state index is 12.0. The van der Waals surface area contributed by atoms with E-state index in [1.54, 1.807) is 24.5 Å². The molecular weight excluding hydrogens is 252 g/mol. The minimum atomic E-state index is -0.480. The molecule has 2 rings (SSSR count). The third-order valence-electron chi connectivity index (χ3n) is 3.09. The van der Waals surface area contributed by atoms with Crippen LogP contribution < -0.4 is 10.1 Å². The summed E-state index contributed by atoms with van der Waals surface area (Å²) in [5, 5.41) is 2.85. The first-order valence-electron chi connectivity index (χ1n) is 6.74. The number of benzene rings is 1. The van der Waals surface area contributed by atoms with Crippen LogP contribution in [0, 0.1) is 0 Å². The lowest BCUT2D eigenvalue weighted by molar-refractivity contribution is 0.215. The smallest absolute Gasteiger partial charge is 0.410 e. The van der Waals surface area contributed by atoms with Crippen LogP contribution in [0.3, 0.4) is 0 Å². The SMILES string of the molecule is CCc1cccc(CC)c1NC(=O)Oc1ccncc1. The average Bonchev–Trinajstić information content (AvgIpc) is 2.48. The summed E-state index contributed by atoms with van der Waals surface area (Å²) in [6.07, 6.45) is 4.41. The van der Waals surface area contributed by atoms with E-state index in [2.05, 4.69) is 24.1 Å². The Kier molecular flexibility index (Phi) is 4.71. The van der Waals surface area contributed by atoms with Gasteiger partial charge in [-0.3, -0.25) is 10.3 Å². The van der Waals surface area contributed by atoms with Gasteiger partial charge in [0, 0.05) is 12.4 Å². The first-order valence-corrected chi connectivity index (χ1v) is 6.74. The average molecular weight is 270 g/mol. The van der Waals surface area contributed by atoms with Crippen LogP contribution in [0.1, 0.15) is 25.0 Å². The lowest BCUT2D eigenvalue weighted by Gasteiger charge is -2.14. The number of nitrogens with one attached hydrogen (secondary N) is 1. The number of hydrogen-bond acceptors (Lipinski definition) is 3. The molecule has 1 aromatic heterocycles. The maximum absolute atomic E-state index is 12.0. The third kappa shape index (κ3) is 3.35. The van der Waals surface area contributed by atoms with E-state index in [0.717, 1.165) is 29.7 Å². The van der Waals surface area contributed by atoms with Gasteiger partial charge in [-0.2, -0.15) is 0 Å². The zero-order chi connectivity index (χ0) is 14.4. The number of amides is 1. The molecule has 0 saturated heterocycles. The highest BCUT2D eigenvalue weighted by molar-refractivity contribution is 5.88. The summed E-state index contributed by atoms with van der Waals surface area (Å²) in [4.78, 5) is 15.8. The second-order valence-corrected chi connectivity index (χ2v) is 4.36. The summed E-state index contributed by atoms with van der Waals surface area (Å²) >= 11 is 0. The van der Waals surface area contributed by atoms with Crippen LogP contribution in [0.2, 0.25) is 0 Å². The summed E-state index contributed by atoms with van der Waals surface area (Å²) in [7, 11) is 0. The van der Waals surface area contributed by atoms with Gasteiger partial charge in [0.25, 0.3) is 0 Å². The molecule has 0 radical (unpaired) electrons. The molecular formula is C16H18N2O2. The van der Waals surface area contributed by atoms with Crippen molar-refractivity contribution in [3.63, 3.8) is 0 Å². The van der Waals surface area contributed by atoms with Gasteiger partial charge in [0.2, 0.25) is 0 Å². The van der Waals surface area contributed by atoms with Crippen molar-refractivity contribution in [2.45, 2.75) is 26.7 Å². The first kappa shape index (κ1) is 14.1. The lowest BCUT2D eigenvalue weighted by Crippen LogP contribution is -2.18. The second kappa shape index (κ2) is 6.70. The van der Waals surface area contributed by atoms with E-state index < -0.39 is 6.09 Å². The number of carbonyl (C=O) groups excluding carboxylic acids is 1. The molecule has 1 aromatic carbocycles. The monoisotopic (exact) mass is 270 g/mol. The Balaban J connectivity index is 2.15. The van der Waals surface area contributed by atoms with E-state index in [1.165, 1.54) is 0 Å². The second-order valence-electron chi connectivity index (χ2n) is 4.36. The number of anilines is 1. The van der Waals surface area contributed by atoms with E-state index in [1.807, 2.05) is 18.2 Å². The molecule has 0 fully saturated rings. The number of aryl methyl sites for hydroxylation is 2. The molecule has 0 aliphatic carbocycles. The summed E-state index contributed by atoms with van der Waals surface area (Å²) < 4.78 is 5.23. The molecule has 4 nitrogen and oxygen atoms in total. The predicted molar refractivity (Wildman–Crippen MR) is 79.1 cm³/mol. The van der Waals surface area contributed by atoms with Crippen molar-refractivity contribution < 1.29 is 9.53 Å². The predicted octanol–water partition coefficient (Wildman–Crippen LogP) is 3.82. The highest BCUT2D eigenvalue weighted by Gasteiger charge is 2.11. The molecule has 0 spiro atoms. The van der Waals surface area contributed by atoms with Crippen molar-refractivity contribution in [1.29, 1.82) is 0 Å². The largest absolute Gasteiger partial charge is 0.417 e. The lowest BCUT2D eigenvalue weighted by atomic mass is 10.0. The van der Waals surface area contributed by atoms with Crippen molar-refractivity contribution in [3.8, 4) is 5.75 Å². The Labute approximate surface area is 118 Å². The van der Waals surface area contributed by atoms with Crippen molar-refractivity contribution >= 4 is 11.8 Å². The van der Waals surface area contributed by atoms with Crippen LogP contribution in [-0.2, 0) is 12.8 Å². The van der Waals surface area contributed by atoms with Gasteiger partial charge in [-0.05, 0) is 36.1 Å². The summed E-state index contributed by atoms with van der Waals surface area (Å²) in [5.41, 5.74) is 3.07. The van der Waals surface area contributed by atoms with Crippen LogP contribution >= 0.6 is 0 Å². The van der Waals surface area contributed by atoms with Gasteiger partial charge in [-0.15, -0.1) is 0 Å². The molecule has 1 amide bonds. The van der Waals surface area contributed by atoms with Crippen LogP contribution in [0.25, 0.3) is 0 Å². The van der Waals surface area contributed by atoms with E-state index in [-0.39, 0.29) is 0 Å². The van der Waals surface area contributed by atoms with Gasteiger partial charge >= 0.3 is 6.09 Å². The minimum Gasteiger partial charge on any atom is -0.410 e. The number of ether oxygens (including phenoxy) is 1. The van der Waals surface area contributed by atoms with Crippen LogP contribution in [0.5, 0.6) is 5.75 Å².